The first-order chi connectivity index (χ1) is 12.5. The molecule has 0 bridgehead atoms. The van der Waals surface area contributed by atoms with Crippen molar-refractivity contribution in [1.29, 1.82) is 0 Å². The van der Waals surface area contributed by atoms with Gasteiger partial charge in [0.1, 0.15) is 11.5 Å². The van der Waals surface area contributed by atoms with Crippen LogP contribution in [0.15, 0.2) is 28.7 Å². The van der Waals surface area contributed by atoms with E-state index in [1.807, 2.05) is 38.1 Å². The van der Waals surface area contributed by atoms with Gasteiger partial charge in [-0.3, -0.25) is 9.00 Å². The molecule has 0 amide bonds. The molecule has 0 aliphatic heterocycles. The number of unbranched alkanes of at least 4 members (excludes halogenated alkanes) is 1. The molecule has 0 radical (unpaired) electrons. The minimum absolute atomic E-state index is 0.282. The molecule has 0 fully saturated rings. The molecule has 1 aromatic carbocycles. The molecule has 1 heterocycles. The van der Waals surface area contributed by atoms with E-state index in [-0.39, 0.29) is 5.75 Å². The van der Waals surface area contributed by atoms with Crippen LogP contribution in [0.4, 0.5) is 0 Å². The van der Waals surface area contributed by atoms with E-state index in [9.17, 15) is 9.00 Å². The maximum atomic E-state index is 11.4. The second-order valence-electron chi connectivity index (χ2n) is 6.14. The fourth-order valence-corrected chi connectivity index (χ4v) is 3.37. The minimum atomic E-state index is -1.28. The number of aryl methyl sites for hydroxylation is 2. The Bertz CT molecular complexity index is 739. The number of carboxylic acid groups (broad SMARTS) is 1. The smallest absolute Gasteiger partial charge is 0.316 e. The highest BCUT2D eigenvalue weighted by molar-refractivity contribution is 7.85. The Morgan fingerprint density at radius 2 is 1.92 bits per heavy atom. The Balaban J connectivity index is 1.68. The van der Waals surface area contributed by atoms with Gasteiger partial charge in [-0.15, -0.1) is 0 Å². The Morgan fingerprint density at radius 1 is 1.19 bits per heavy atom. The summed E-state index contributed by atoms with van der Waals surface area (Å²) in [4.78, 5) is 15.0. The maximum Gasteiger partial charge on any atom is 0.316 e. The van der Waals surface area contributed by atoms with Crippen molar-refractivity contribution in [3.63, 3.8) is 0 Å². The molecule has 0 saturated carbocycles. The van der Waals surface area contributed by atoms with Gasteiger partial charge in [0, 0.05) is 35.1 Å². The summed E-state index contributed by atoms with van der Waals surface area (Å²) < 4.78 is 22.7. The van der Waals surface area contributed by atoms with Crippen LogP contribution in [0.1, 0.15) is 29.9 Å². The molecule has 0 aliphatic rings. The van der Waals surface area contributed by atoms with E-state index in [1.54, 1.807) is 0 Å². The SMILES string of the molecule is Cc1ccc(-c2nc(CCOCCCCS(=O)CC(=O)O)c(C)o2)cc1. The van der Waals surface area contributed by atoms with Crippen LogP contribution in [0.3, 0.4) is 0 Å². The molecule has 0 saturated heterocycles. The lowest BCUT2D eigenvalue weighted by Crippen LogP contribution is -2.12. The van der Waals surface area contributed by atoms with Gasteiger partial charge in [0.05, 0.1) is 12.3 Å². The topological polar surface area (TPSA) is 89.6 Å². The van der Waals surface area contributed by atoms with Crippen LogP contribution in [-0.4, -0.2) is 45.0 Å². The zero-order chi connectivity index (χ0) is 18.9. The van der Waals surface area contributed by atoms with Gasteiger partial charge in [0.25, 0.3) is 0 Å². The normalized spacial score (nSPS) is 12.2. The lowest BCUT2D eigenvalue weighted by Gasteiger charge is -2.03. The molecule has 1 atom stereocenters. The van der Waals surface area contributed by atoms with Gasteiger partial charge in [0.2, 0.25) is 5.89 Å². The highest BCUT2D eigenvalue weighted by Gasteiger charge is 2.11. The zero-order valence-corrected chi connectivity index (χ0v) is 16.0. The van der Waals surface area contributed by atoms with E-state index in [0.29, 0.717) is 37.7 Å². The number of hydrogen-bond donors (Lipinski definition) is 1. The number of nitrogens with zero attached hydrogens (tertiary/aromatic N) is 1. The minimum Gasteiger partial charge on any atom is -0.481 e. The van der Waals surface area contributed by atoms with E-state index >= 15 is 0 Å². The average molecular weight is 379 g/mol. The molecule has 2 aromatic rings. The molecule has 1 unspecified atom stereocenters. The van der Waals surface area contributed by atoms with Crippen molar-refractivity contribution in [2.24, 2.45) is 0 Å². The molecule has 1 N–H and O–H groups in total. The number of hydrogen-bond acceptors (Lipinski definition) is 5. The molecule has 142 valence electrons. The van der Waals surface area contributed by atoms with Gasteiger partial charge in [-0.2, -0.15) is 0 Å². The summed E-state index contributed by atoms with van der Waals surface area (Å²) >= 11 is 0. The van der Waals surface area contributed by atoms with E-state index in [4.69, 9.17) is 14.3 Å². The summed E-state index contributed by atoms with van der Waals surface area (Å²) in [6.45, 7) is 5.04. The number of rotatable bonds is 11. The van der Waals surface area contributed by atoms with Crippen LogP contribution in [-0.2, 0) is 26.8 Å². The third kappa shape index (κ3) is 6.72. The van der Waals surface area contributed by atoms with Gasteiger partial charge in [0.15, 0.2) is 0 Å². The summed E-state index contributed by atoms with van der Waals surface area (Å²) in [5, 5.41) is 8.54. The molecule has 1 aromatic heterocycles. The average Bonchev–Trinajstić information content (AvgIpc) is 2.95. The van der Waals surface area contributed by atoms with E-state index < -0.39 is 16.8 Å². The van der Waals surface area contributed by atoms with Gasteiger partial charge in [-0.25, -0.2) is 4.98 Å². The Labute approximate surface area is 156 Å². The third-order valence-corrected chi connectivity index (χ3v) is 5.18. The van der Waals surface area contributed by atoms with Gasteiger partial charge in [-0.1, -0.05) is 17.7 Å². The molecule has 7 heteroatoms. The molecular formula is C19H25NO5S. The highest BCUT2D eigenvalue weighted by Crippen LogP contribution is 2.22. The molecule has 6 nitrogen and oxygen atoms in total. The summed E-state index contributed by atoms with van der Waals surface area (Å²) in [6, 6.07) is 8.05. The third-order valence-electron chi connectivity index (χ3n) is 3.87. The van der Waals surface area contributed by atoms with Crippen molar-refractivity contribution < 1.29 is 23.3 Å². The summed E-state index contributed by atoms with van der Waals surface area (Å²) in [6.07, 6.45) is 2.13. The van der Waals surface area contributed by atoms with Crippen molar-refractivity contribution in [3.8, 4) is 11.5 Å². The fourth-order valence-electron chi connectivity index (χ4n) is 2.43. The largest absolute Gasteiger partial charge is 0.481 e. The highest BCUT2D eigenvalue weighted by atomic mass is 32.2. The summed E-state index contributed by atoms with van der Waals surface area (Å²) in [5.41, 5.74) is 3.04. The second kappa shape index (κ2) is 10.2. The maximum absolute atomic E-state index is 11.4. The van der Waals surface area contributed by atoms with Gasteiger partial charge >= 0.3 is 5.97 Å². The predicted molar refractivity (Wildman–Crippen MR) is 101 cm³/mol. The van der Waals surface area contributed by atoms with Crippen molar-refractivity contribution >= 4 is 16.8 Å². The Kier molecular flexibility index (Phi) is 8.00. The van der Waals surface area contributed by atoms with Crippen molar-refractivity contribution in [3.05, 3.63) is 41.3 Å². The van der Waals surface area contributed by atoms with Crippen molar-refractivity contribution in [2.45, 2.75) is 33.1 Å². The van der Waals surface area contributed by atoms with Crippen LogP contribution >= 0.6 is 0 Å². The number of aliphatic carboxylic acids is 1. The van der Waals surface area contributed by atoms with Crippen LogP contribution < -0.4 is 0 Å². The molecule has 0 spiro atoms. The van der Waals surface area contributed by atoms with Gasteiger partial charge < -0.3 is 14.3 Å². The number of carboxylic acids is 1. The first-order valence-corrected chi connectivity index (χ1v) is 10.1. The number of benzene rings is 1. The zero-order valence-electron chi connectivity index (χ0n) is 15.2. The van der Waals surface area contributed by atoms with E-state index in [1.165, 1.54) is 5.56 Å². The molecule has 0 aliphatic carbocycles. The van der Waals surface area contributed by atoms with Crippen molar-refractivity contribution in [1.82, 2.24) is 4.98 Å². The quantitative estimate of drug-likeness (QED) is 0.603. The first kappa shape index (κ1) is 20.3. The summed E-state index contributed by atoms with van der Waals surface area (Å²) in [5.74, 6) is 0.521. The van der Waals surface area contributed by atoms with E-state index in [2.05, 4.69) is 4.98 Å². The van der Waals surface area contributed by atoms with Gasteiger partial charge in [-0.05, 0) is 38.8 Å². The summed E-state index contributed by atoms with van der Waals surface area (Å²) in [7, 11) is -1.28. The first-order valence-electron chi connectivity index (χ1n) is 8.63. The monoisotopic (exact) mass is 379 g/mol. The van der Waals surface area contributed by atoms with Crippen LogP contribution in [0.25, 0.3) is 11.5 Å². The van der Waals surface area contributed by atoms with Crippen LogP contribution in [0.2, 0.25) is 0 Å². The molecular weight excluding hydrogens is 354 g/mol. The second-order valence-corrected chi connectivity index (χ2v) is 7.72. The number of carbonyl (C=O) groups is 1. The Morgan fingerprint density at radius 3 is 2.62 bits per heavy atom. The number of ether oxygens (including phenoxy) is 1. The lowest BCUT2D eigenvalue weighted by atomic mass is 10.1. The van der Waals surface area contributed by atoms with Crippen molar-refractivity contribution in [2.75, 3.05) is 24.7 Å². The standard InChI is InChI=1S/C19H25NO5S/c1-14-5-7-16(8-6-14)19-20-17(15(2)25-19)9-11-24-10-3-4-12-26(23)13-18(21)22/h5-8H,3-4,9-13H2,1-2H3,(H,21,22). The number of aromatic nitrogens is 1. The Hall–Kier alpha value is -1.99. The predicted octanol–water partition coefficient (Wildman–Crippen LogP) is 3.13. The molecule has 26 heavy (non-hydrogen) atoms. The van der Waals surface area contributed by atoms with E-state index in [0.717, 1.165) is 23.4 Å². The number of oxazole rings is 1. The van der Waals surface area contributed by atoms with Crippen LogP contribution in [0, 0.1) is 13.8 Å². The molecule has 2 rings (SSSR count). The lowest BCUT2D eigenvalue weighted by molar-refractivity contribution is -0.133. The van der Waals surface area contributed by atoms with Crippen LogP contribution in [0.5, 0.6) is 0 Å². The fraction of sp³-hybridized carbons (Fsp3) is 0.474.